The van der Waals surface area contributed by atoms with Gasteiger partial charge in [-0.15, -0.1) is 6.58 Å². The molecule has 0 aliphatic carbocycles. The fourth-order valence-corrected chi connectivity index (χ4v) is 2.63. The second kappa shape index (κ2) is 5.49. The highest BCUT2D eigenvalue weighted by Crippen LogP contribution is 2.38. The van der Waals surface area contributed by atoms with E-state index in [2.05, 4.69) is 6.58 Å². The standard InChI is InChI=1S/C18H16O6/c1-8(2)3-4-9-11(19)6-15-16(17(9)22)18(23)10-5-12(20)13(21)7-14(10)24-15/h5-7,19-22H,1,3-4H2,2H3. The summed E-state index contributed by atoms with van der Waals surface area (Å²) in [6.45, 7) is 5.60. The van der Waals surface area contributed by atoms with Crippen molar-refractivity contribution in [1.82, 2.24) is 0 Å². The van der Waals surface area contributed by atoms with Crippen LogP contribution in [0.15, 0.2) is 39.6 Å². The number of phenolic OH excluding ortho intramolecular Hbond substituents is 4. The van der Waals surface area contributed by atoms with Gasteiger partial charge in [-0.3, -0.25) is 4.79 Å². The molecule has 24 heavy (non-hydrogen) atoms. The van der Waals surface area contributed by atoms with Gasteiger partial charge in [-0.25, -0.2) is 0 Å². The summed E-state index contributed by atoms with van der Waals surface area (Å²) in [6, 6.07) is 3.44. The van der Waals surface area contributed by atoms with Gasteiger partial charge in [0, 0.05) is 17.7 Å². The van der Waals surface area contributed by atoms with Crippen LogP contribution in [-0.2, 0) is 6.42 Å². The Labute approximate surface area is 136 Å². The molecule has 6 heteroatoms. The molecule has 0 aliphatic heterocycles. The molecule has 6 nitrogen and oxygen atoms in total. The molecule has 3 aromatic rings. The number of benzene rings is 2. The van der Waals surface area contributed by atoms with Gasteiger partial charge < -0.3 is 24.8 Å². The zero-order valence-corrected chi connectivity index (χ0v) is 13.0. The summed E-state index contributed by atoms with van der Waals surface area (Å²) in [5, 5.41) is 39.6. The van der Waals surface area contributed by atoms with Crippen LogP contribution in [0.2, 0.25) is 0 Å². The van der Waals surface area contributed by atoms with Crippen LogP contribution in [0, 0.1) is 0 Å². The van der Waals surface area contributed by atoms with Crippen molar-refractivity contribution in [3.63, 3.8) is 0 Å². The summed E-state index contributed by atoms with van der Waals surface area (Å²) < 4.78 is 5.50. The zero-order valence-electron chi connectivity index (χ0n) is 13.0. The number of aromatic hydroxyl groups is 4. The van der Waals surface area contributed by atoms with Crippen molar-refractivity contribution >= 4 is 21.9 Å². The van der Waals surface area contributed by atoms with Gasteiger partial charge in [0.1, 0.15) is 28.1 Å². The average molecular weight is 328 g/mol. The van der Waals surface area contributed by atoms with Gasteiger partial charge in [0.2, 0.25) is 5.43 Å². The molecule has 0 unspecified atom stereocenters. The highest BCUT2D eigenvalue weighted by atomic mass is 16.3. The zero-order chi connectivity index (χ0) is 17.6. The Morgan fingerprint density at radius 2 is 1.67 bits per heavy atom. The van der Waals surface area contributed by atoms with E-state index in [1.807, 2.05) is 6.92 Å². The first-order valence-corrected chi connectivity index (χ1v) is 7.30. The normalized spacial score (nSPS) is 11.2. The van der Waals surface area contributed by atoms with Crippen molar-refractivity contribution in [3.8, 4) is 23.0 Å². The summed E-state index contributed by atoms with van der Waals surface area (Å²) in [5.74, 6) is -1.44. The first-order valence-electron chi connectivity index (χ1n) is 7.30. The Balaban J connectivity index is 2.36. The minimum atomic E-state index is -0.560. The predicted octanol–water partition coefficient (Wildman–Crippen LogP) is 3.28. The molecule has 124 valence electrons. The fourth-order valence-electron chi connectivity index (χ4n) is 2.63. The van der Waals surface area contributed by atoms with E-state index in [9.17, 15) is 25.2 Å². The topological polar surface area (TPSA) is 111 Å². The molecule has 0 atom stereocenters. The third kappa shape index (κ3) is 2.42. The van der Waals surface area contributed by atoms with Crippen LogP contribution < -0.4 is 5.43 Å². The second-order valence-electron chi connectivity index (χ2n) is 5.82. The van der Waals surface area contributed by atoms with Crippen molar-refractivity contribution in [1.29, 1.82) is 0 Å². The lowest BCUT2D eigenvalue weighted by Gasteiger charge is -2.11. The van der Waals surface area contributed by atoms with Crippen molar-refractivity contribution < 1.29 is 24.8 Å². The number of phenols is 4. The molecule has 1 heterocycles. The Kier molecular flexibility index (Phi) is 3.60. The van der Waals surface area contributed by atoms with Crippen molar-refractivity contribution in [2.24, 2.45) is 0 Å². The van der Waals surface area contributed by atoms with Gasteiger partial charge in [0.15, 0.2) is 11.5 Å². The van der Waals surface area contributed by atoms with Gasteiger partial charge >= 0.3 is 0 Å². The minimum Gasteiger partial charge on any atom is -0.507 e. The summed E-state index contributed by atoms with van der Waals surface area (Å²) in [4.78, 5) is 12.7. The molecule has 0 saturated heterocycles. The van der Waals surface area contributed by atoms with Crippen LogP contribution in [0.5, 0.6) is 23.0 Å². The Bertz CT molecular complexity index is 1050. The average Bonchev–Trinajstić information content (AvgIpc) is 2.48. The smallest absolute Gasteiger partial charge is 0.204 e. The highest BCUT2D eigenvalue weighted by molar-refractivity contribution is 5.95. The van der Waals surface area contributed by atoms with Crippen molar-refractivity contribution in [3.05, 3.63) is 46.1 Å². The first kappa shape index (κ1) is 15.7. The number of hydrogen-bond donors (Lipinski definition) is 4. The van der Waals surface area contributed by atoms with Gasteiger partial charge in [0.05, 0.1) is 5.39 Å². The Morgan fingerprint density at radius 3 is 2.33 bits per heavy atom. The monoisotopic (exact) mass is 328 g/mol. The molecule has 0 saturated carbocycles. The number of allylic oxidation sites excluding steroid dienone is 1. The summed E-state index contributed by atoms with van der Waals surface area (Å²) in [6.07, 6.45) is 0.863. The van der Waals surface area contributed by atoms with E-state index in [1.54, 1.807) is 0 Å². The maximum atomic E-state index is 12.7. The SMILES string of the molecule is C=C(C)CCc1c(O)cc2oc3cc(O)c(O)cc3c(=O)c2c1O. The maximum absolute atomic E-state index is 12.7. The molecule has 3 rings (SSSR count). The molecule has 4 N–H and O–H groups in total. The van der Waals surface area contributed by atoms with E-state index in [0.717, 1.165) is 17.7 Å². The number of hydrogen-bond acceptors (Lipinski definition) is 6. The number of rotatable bonds is 3. The fraction of sp³-hybridized carbons (Fsp3) is 0.167. The quantitative estimate of drug-likeness (QED) is 0.333. The Morgan fingerprint density at radius 1 is 1.04 bits per heavy atom. The van der Waals surface area contributed by atoms with Crippen LogP contribution in [0.25, 0.3) is 21.9 Å². The summed E-state index contributed by atoms with van der Waals surface area (Å²) in [5.41, 5.74) is 0.582. The van der Waals surface area contributed by atoms with Crippen LogP contribution in [0.4, 0.5) is 0 Å². The van der Waals surface area contributed by atoms with Crippen molar-refractivity contribution in [2.45, 2.75) is 19.8 Å². The van der Waals surface area contributed by atoms with Gasteiger partial charge in [-0.05, 0) is 25.8 Å². The van der Waals surface area contributed by atoms with Crippen LogP contribution in [0.1, 0.15) is 18.9 Å². The Hall–Kier alpha value is -3.15. The van der Waals surface area contributed by atoms with E-state index in [1.165, 1.54) is 6.07 Å². The summed E-state index contributed by atoms with van der Waals surface area (Å²) in [7, 11) is 0. The van der Waals surface area contributed by atoms with Gasteiger partial charge in [-0.1, -0.05) is 5.57 Å². The lowest BCUT2D eigenvalue weighted by atomic mass is 10.0. The van der Waals surface area contributed by atoms with E-state index < -0.39 is 16.9 Å². The molecule has 0 amide bonds. The van der Waals surface area contributed by atoms with Crippen LogP contribution >= 0.6 is 0 Å². The minimum absolute atomic E-state index is 0.00772. The van der Waals surface area contributed by atoms with Gasteiger partial charge in [-0.2, -0.15) is 0 Å². The molecule has 0 aliphatic rings. The summed E-state index contributed by atoms with van der Waals surface area (Å²) >= 11 is 0. The van der Waals surface area contributed by atoms with Crippen molar-refractivity contribution in [2.75, 3.05) is 0 Å². The molecule has 0 bridgehead atoms. The second-order valence-corrected chi connectivity index (χ2v) is 5.82. The molecular weight excluding hydrogens is 312 g/mol. The van der Waals surface area contributed by atoms with Crippen LogP contribution in [-0.4, -0.2) is 20.4 Å². The number of fused-ring (bicyclic) bond motifs is 2. The van der Waals surface area contributed by atoms with E-state index >= 15 is 0 Å². The van der Waals surface area contributed by atoms with E-state index in [0.29, 0.717) is 12.8 Å². The highest BCUT2D eigenvalue weighted by Gasteiger charge is 2.19. The van der Waals surface area contributed by atoms with Crippen LogP contribution in [0.3, 0.4) is 0 Å². The third-order valence-electron chi connectivity index (χ3n) is 3.92. The first-order chi connectivity index (χ1) is 11.3. The third-order valence-corrected chi connectivity index (χ3v) is 3.92. The molecule has 0 spiro atoms. The lowest BCUT2D eigenvalue weighted by molar-refractivity contribution is 0.404. The molecular formula is C18H16O6. The molecule has 0 radical (unpaired) electrons. The molecule has 2 aromatic carbocycles. The molecule has 1 aromatic heterocycles. The molecule has 0 fully saturated rings. The lowest BCUT2D eigenvalue weighted by Crippen LogP contribution is -2.04. The maximum Gasteiger partial charge on any atom is 0.204 e. The van der Waals surface area contributed by atoms with Gasteiger partial charge in [0.25, 0.3) is 0 Å². The van der Waals surface area contributed by atoms with E-state index in [4.69, 9.17) is 4.42 Å². The van der Waals surface area contributed by atoms with E-state index in [-0.39, 0.29) is 39.0 Å². The predicted molar refractivity (Wildman–Crippen MR) is 89.8 cm³/mol. The largest absolute Gasteiger partial charge is 0.507 e.